The van der Waals surface area contributed by atoms with Crippen LogP contribution < -0.4 is 5.56 Å². The summed E-state index contributed by atoms with van der Waals surface area (Å²) in [5.74, 6) is 0. The van der Waals surface area contributed by atoms with Gasteiger partial charge in [0.2, 0.25) is 0 Å². The third-order valence-electron chi connectivity index (χ3n) is 4.92. The third kappa shape index (κ3) is 3.02. The van der Waals surface area contributed by atoms with Gasteiger partial charge in [0, 0.05) is 17.4 Å². The molecular formula is C21H16ClN7O. The molecule has 0 N–H and O–H groups in total. The van der Waals surface area contributed by atoms with Crippen molar-refractivity contribution in [2.24, 2.45) is 0 Å². The molecule has 4 aromatic heterocycles. The molecule has 0 saturated carbocycles. The van der Waals surface area contributed by atoms with Gasteiger partial charge in [-0.05, 0) is 35.7 Å². The summed E-state index contributed by atoms with van der Waals surface area (Å²) in [6.45, 7) is 2.37. The molecule has 0 aliphatic heterocycles. The molecule has 0 fully saturated rings. The fraction of sp³-hybridized carbons (Fsp3) is 0.143. The Morgan fingerprint density at radius 1 is 1.07 bits per heavy atom. The molecule has 1 aromatic carbocycles. The third-order valence-corrected chi connectivity index (χ3v) is 5.17. The number of aryl methyl sites for hydroxylation is 1. The van der Waals surface area contributed by atoms with Crippen LogP contribution in [0.15, 0.2) is 59.9 Å². The zero-order valence-electron chi connectivity index (χ0n) is 16.0. The van der Waals surface area contributed by atoms with Gasteiger partial charge in [-0.1, -0.05) is 36.7 Å². The van der Waals surface area contributed by atoms with Crippen molar-refractivity contribution in [1.82, 2.24) is 34.3 Å². The minimum Gasteiger partial charge on any atom is -0.293 e. The van der Waals surface area contributed by atoms with E-state index in [9.17, 15) is 4.79 Å². The van der Waals surface area contributed by atoms with Gasteiger partial charge in [0.1, 0.15) is 6.33 Å². The molecule has 0 bridgehead atoms. The molecule has 148 valence electrons. The maximum absolute atomic E-state index is 13.0. The molecule has 4 heterocycles. The summed E-state index contributed by atoms with van der Waals surface area (Å²) in [6.07, 6.45) is 5.61. The summed E-state index contributed by atoms with van der Waals surface area (Å²) in [7, 11) is 0. The van der Waals surface area contributed by atoms with Gasteiger partial charge in [0.05, 0.1) is 17.8 Å². The second kappa shape index (κ2) is 7.31. The van der Waals surface area contributed by atoms with E-state index in [0.717, 1.165) is 22.4 Å². The van der Waals surface area contributed by atoms with Crippen LogP contribution in [0, 0.1) is 0 Å². The molecule has 0 saturated heterocycles. The van der Waals surface area contributed by atoms with Gasteiger partial charge in [0.25, 0.3) is 5.56 Å². The smallest absolute Gasteiger partial charge is 0.283 e. The molecule has 0 spiro atoms. The van der Waals surface area contributed by atoms with Crippen molar-refractivity contribution in [3.05, 3.63) is 81.8 Å². The molecule has 0 radical (unpaired) electrons. The van der Waals surface area contributed by atoms with Gasteiger partial charge in [-0.15, -0.1) is 10.2 Å². The van der Waals surface area contributed by atoms with Crippen LogP contribution in [0.3, 0.4) is 0 Å². The zero-order chi connectivity index (χ0) is 20.7. The van der Waals surface area contributed by atoms with E-state index in [0.29, 0.717) is 29.3 Å². The second-order valence-electron chi connectivity index (χ2n) is 6.83. The minimum absolute atomic E-state index is 0.168. The summed E-state index contributed by atoms with van der Waals surface area (Å²) in [4.78, 5) is 21.6. The molecule has 0 aliphatic rings. The van der Waals surface area contributed by atoms with Gasteiger partial charge in [-0.3, -0.25) is 14.3 Å². The molecule has 0 aliphatic carbocycles. The number of nitrogens with zero attached hydrogens (tertiary/aromatic N) is 7. The first-order chi connectivity index (χ1) is 14.7. The average molecular weight is 418 g/mol. The van der Waals surface area contributed by atoms with Gasteiger partial charge in [-0.2, -0.15) is 9.61 Å². The molecule has 0 unspecified atom stereocenters. The lowest BCUT2D eigenvalue weighted by Gasteiger charge is -2.06. The number of hydrogen-bond donors (Lipinski definition) is 0. The lowest BCUT2D eigenvalue weighted by molar-refractivity contribution is 0.734. The highest BCUT2D eigenvalue weighted by Crippen LogP contribution is 2.29. The van der Waals surface area contributed by atoms with Crippen LogP contribution in [-0.2, 0) is 13.0 Å². The number of rotatable bonds is 4. The first-order valence-corrected chi connectivity index (χ1v) is 9.81. The lowest BCUT2D eigenvalue weighted by atomic mass is 10.0. The van der Waals surface area contributed by atoms with Crippen LogP contribution in [0.5, 0.6) is 0 Å². The van der Waals surface area contributed by atoms with E-state index in [4.69, 9.17) is 11.6 Å². The molecule has 0 atom stereocenters. The maximum Gasteiger partial charge on any atom is 0.283 e. The van der Waals surface area contributed by atoms with Crippen LogP contribution in [0.1, 0.15) is 18.2 Å². The SMILES string of the molecule is CCc1nn2c(nnc3c(=O)n(Cc4cccnc4)cnc32)c1-c1ccc(Cl)cc1. The molecule has 30 heavy (non-hydrogen) atoms. The van der Waals surface area contributed by atoms with Crippen LogP contribution in [0.2, 0.25) is 5.02 Å². The van der Waals surface area contributed by atoms with Gasteiger partial charge >= 0.3 is 0 Å². The minimum atomic E-state index is -0.278. The van der Waals surface area contributed by atoms with Crippen LogP contribution in [-0.4, -0.2) is 34.3 Å². The van der Waals surface area contributed by atoms with E-state index >= 15 is 0 Å². The highest BCUT2D eigenvalue weighted by atomic mass is 35.5. The maximum atomic E-state index is 13.0. The molecular weight excluding hydrogens is 402 g/mol. The van der Waals surface area contributed by atoms with Crippen LogP contribution >= 0.6 is 11.6 Å². The first-order valence-electron chi connectivity index (χ1n) is 9.44. The van der Waals surface area contributed by atoms with E-state index in [1.54, 1.807) is 16.9 Å². The van der Waals surface area contributed by atoms with E-state index in [2.05, 4.69) is 25.3 Å². The largest absolute Gasteiger partial charge is 0.293 e. The highest BCUT2D eigenvalue weighted by molar-refractivity contribution is 6.30. The number of hydrogen-bond acceptors (Lipinski definition) is 6. The van der Waals surface area contributed by atoms with E-state index in [1.807, 2.05) is 43.3 Å². The van der Waals surface area contributed by atoms with Gasteiger partial charge in [-0.25, -0.2) is 4.98 Å². The van der Waals surface area contributed by atoms with Crippen molar-refractivity contribution in [1.29, 1.82) is 0 Å². The van der Waals surface area contributed by atoms with E-state index < -0.39 is 0 Å². The number of fused-ring (bicyclic) bond motifs is 3. The molecule has 8 nitrogen and oxygen atoms in total. The zero-order valence-corrected chi connectivity index (χ0v) is 16.8. The predicted molar refractivity (Wildman–Crippen MR) is 114 cm³/mol. The Morgan fingerprint density at radius 2 is 1.90 bits per heavy atom. The quantitative estimate of drug-likeness (QED) is 0.446. The monoisotopic (exact) mass is 417 g/mol. The highest BCUT2D eigenvalue weighted by Gasteiger charge is 2.19. The summed E-state index contributed by atoms with van der Waals surface area (Å²) < 4.78 is 3.09. The van der Waals surface area contributed by atoms with Gasteiger partial charge < -0.3 is 0 Å². The van der Waals surface area contributed by atoms with Crippen molar-refractivity contribution in [3.8, 4) is 11.1 Å². The Kier molecular flexibility index (Phi) is 4.48. The van der Waals surface area contributed by atoms with Crippen LogP contribution in [0.4, 0.5) is 0 Å². The fourth-order valence-electron chi connectivity index (χ4n) is 3.46. The average Bonchev–Trinajstić information content (AvgIpc) is 3.16. The first kappa shape index (κ1) is 18.4. The molecule has 9 heteroatoms. The number of benzene rings is 1. The molecule has 5 rings (SSSR count). The summed E-state index contributed by atoms with van der Waals surface area (Å²) in [5, 5.41) is 13.9. The van der Waals surface area contributed by atoms with Crippen molar-refractivity contribution >= 4 is 28.4 Å². The normalized spacial score (nSPS) is 11.4. The molecule has 0 amide bonds. The Hall–Kier alpha value is -3.65. The van der Waals surface area contributed by atoms with E-state index in [-0.39, 0.29) is 11.1 Å². The lowest BCUT2D eigenvalue weighted by Crippen LogP contribution is -2.23. The van der Waals surface area contributed by atoms with E-state index in [1.165, 1.54) is 10.9 Å². The number of aromatic nitrogens is 7. The van der Waals surface area contributed by atoms with Gasteiger partial charge in [0.15, 0.2) is 16.8 Å². The Labute approximate surface area is 175 Å². The summed E-state index contributed by atoms with van der Waals surface area (Å²) in [5.41, 5.74) is 4.37. The topological polar surface area (TPSA) is 90.9 Å². The van der Waals surface area contributed by atoms with Crippen LogP contribution in [0.25, 0.3) is 27.9 Å². The number of halogens is 1. The molecule has 5 aromatic rings. The fourth-order valence-corrected chi connectivity index (χ4v) is 3.59. The standard InChI is InChI=1S/C21H16ClN7O/c1-2-16-17(14-5-7-15(22)8-6-14)19-26-25-18-20(29(19)27-16)24-12-28(21(18)30)11-13-4-3-9-23-10-13/h3-10,12H,2,11H2,1H3. The Bertz CT molecular complexity index is 1430. The van der Waals surface area contributed by atoms with Crippen molar-refractivity contribution in [3.63, 3.8) is 0 Å². The number of pyridine rings is 1. The second-order valence-corrected chi connectivity index (χ2v) is 7.27. The summed E-state index contributed by atoms with van der Waals surface area (Å²) in [6, 6.07) is 11.2. The Morgan fingerprint density at radius 3 is 2.63 bits per heavy atom. The summed E-state index contributed by atoms with van der Waals surface area (Å²) >= 11 is 6.03. The Balaban J connectivity index is 1.70. The predicted octanol–water partition coefficient (Wildman–Crippen LogP) is 3.16. The van der Waals surface area contributed by atoms with Crippen molar-refractivity contribution in [2.75, 3.05) is 0 Å². The van der Waals surface area contributed by atoms with Crippen molar-refractivity contribution < 1.29 is 0 Å². The van der Waals surface area contributed by atoms with Crippen molar-refractivity contribution in [2.45, 2.75) is 19.9 Å².